The van der Waals surface area contributed by atoms with Crippen LogP contribution in [0.25, 0.3) is 0 Å². The molecule has 1 aromatic carbocycles. The van der Waals surface area contributed by atoms with Gasteiger partial charge < -0.3 is 19.7 Å². The number of piperidine rings is 1. The zero-order chi connectivity index (χ0) is 21.4. The van der Waals surface area contributed by atoms with Crippen LogP contribution in [0.4, 0.5) is 10.1 Å². The Morgan fingerprint density at radius 1 is 1.29 bits per heavy atom. The second-order valence-electron chi connectivity index (χ2n) is 7.90. The van der Waals surface area contributed by atoms with Crippen molar-refractivity contribution < 1.29 is 23.5 Å². The second kappa shape index (κ2) is 8.07. The molecule has 8 nitrogen and oxygen atoms in total. The van der Waals surface area contributed by atoms with E-state index in [0.717, 1.165) is 37.0 Å². The number of nitrogens with zero attached hydrogens (tertiary/aromatic N) is 2. The van der Waals surface area contributed by atoms with E-state index < -0.39 is 5.82 Å². The van der Waals surface area contributed by atoms with E-state index in [2.05, 4.69) is 16.8 Å². The van der Waals surface area contributed by atoms with Crippen LogP contribution in [0.2, 0.25) is 0 Å². The average Bonchev–Trinajstić information content (AvgIpc) is 3.27. The molecule has 0 radical (unpaired) electrons. The normalized spacial score (nSPS) is 20.4. The minimum atomic E-state index is -0.649. The molecule has 1 saturated heterocycles. The molecule has 0 aromatic heterocycles. The summed E-state index contributed by atoms with van der Waals surface area (Å²) < 4.78 is 25.7. The molecule has 31 heavy (non-hydrogen) atoms. The second-order valence-corrected chi connectivity index (χ2v) is 7.90. The quantitative estimate of drug-likeness (QED) is 0.768. The van der Waals surface area contributed by atoms with Crippen LogP contribution in [-0.4, -0.2) is 54.6 Å². The third-order valence-corrected chi connectivity index (χ3v) is 5.85. The number of amides is 2. The van der Waals surface area contributed by atoms with E-state index in [1.165, 1.54) is 6.07 Å². The zero-order valence-electron chi connectivity index (χ0n) is 16.9. The first-order valence-corrected chi connectivity index (χ1v) is 10.4. The summed E-state index contributed by atoms with van der Waals surface area (Å²) in [6, 6.07) is 2.51. The Bertz CT molecular complexity index is 1010. The number of nitrogens with one attached hydrogen (secondary N) is 2. The summed E-state index contributed by atoms with van der Waals surface area (Å²) >= 11 is 0. The zero-order valence-corrected chi connectivity index (χ0v) is 16.9. The molecule has 0 unspecified atom stereocenters. The smallest absolute Gasteiger partial charge is 0.262 e. The number of carbonyl (C=O) groups excluding carboxylic acids is 2. The fraction of sp³-hybridized carbons (Fsp3) is 0.364. The Balaban J connectivity index is 1.17. The topological polar surface area (TPSA) is 83.1 Å². The Morgan fingerprint density at radius 3 is 2.97 bits per heavy atom. The molecule has 0 aliphatic carbocycles. The van der Waals surface area contributed by atoms with Gasteiger partial charge >= 0.3 is 0 Å². The van der Waals surface area contributed by atoms with Crippen LogP contribution in [0.3, 0.4) is 0 Å². The van der Waals surface area contributed by atoms with Gasteiger partial charge in [0, 0.05) is 25.7 Å². The lowest BCUT2D eigenvalue weighted by molar-refractivity contribution is -0.118. The summed E-state index contributed by atoms with van der Waals surface area (Å²) in [6.07, 6.45) is 9.56. The van der Waals surface area contributed by atoms with Crippen molar-refractivity contribution in [3.05, 3.63) is 59.4 Å². The van der Waals surface area contributed by atoms with E-state index in [9.17, 15) is 14.0 Å². The largest absolute Gasteiger partial charge is 0.481 e. The summed E-state index contributed by atoms with van der Waals surface area (Å²) in [5, 5.41) is 4.55. The summed E-state index contributed by atoms with van der Waals surface area (Å²) in [4.78, 5) is 26.1. The van der Waals surface area contributed by atoms with Gasteiger partial charge in [0.15, 0.2) is 6.61 Å². The first-order chi connectivity index (χ1) is 15.1. The van der Waals surface area contributed by atoms with E-state index in [4.69, 9.17) is 9.47 Å². The first kappa shape index (κ1) is 19.6. The lowest BCUT2D eigenvalue weighted by atomic mass is 9.97. The van der Waals surface area contributed by atoms with Gasteiger partial charge in [0.05, 0.1) is 23.6 Å². The minimum absolute atomic E-state index is 0.0576. The number of hydrogen-bond donors (Lipinski definition) is 2. The van der Waals surface area contributed by atoms with Crippen LogP contribution in [0.1, 0.15) is 23.2 Å². The molecular formula is C22H23FN4O4. The van der Waals surface area contributed by atoms with E-state index in [1.807, 2.05) is 23.2 Å². The van der Waals surface area contributed by atoms with E-state index in [1.54, 1.807) is 4.90 Å². The van der Waals surface area contributed by atoms with Gasteiger partial charge in [0.25, 0.3) is 11.8 Å². The number of anilines is 1. The summed E-state index contributed by atoms with van der Waals surface area (Å²) in [5.41, 5.74) is 4.58. The summed E-state index contributed by atoms with van der Waals surface area (Å²) in [6.45, 7) is 2.23. The van der Waals surface area contributed by atoms with Crippen LogP contribution in [0.5, 0.6) is 5.75 Å². The van der Waals surface area contributed by atoms with Gasteiger partial charge in [-0.1, -0.05) is 6.08 Å². The van der Waals surface area contributed by atoms with Gasteiger partial charge in [-0.05, 0) is 43.1 Å². The molecular weight excluding hydrogens is 403 g/mol. The summed E-state index contributed by atoms with van der Waals surface area (Å²) in [7, 11) is 0. The summed E-state index contributed by atoms with van der Waals surface area (Å²) in [5.74, 6) is -0.0344. The Morgan fingerprint density at radius 2 is 2.13 bits per heavy atom. The molecule has 162 valence electrons. The predicted molar refractivity (Wildman–Crippen MR) is 110 cm³/mol. The molecule has 4 heterocycles. The molecule has 4 aliphatic heterocycles. The molecule has 2 amide bonds. The minimum Gasteiger partial charge on any atom is -0.481 e. The average molecular weight is 426 g/mol. The van der Waals surface area contributed by atoms with Crippen molar-refractivity contribution in [1.82, 2.24) is 15.3 Å². The van der Waals surface area contributed by atoms with Crippen molar-refractivity contribution in [1.29, 1.82) is 0 Å². The predicted octanol–water partition coefficient (Wildman–Crippen LogP) is 2.14. The van der Waals surface area contributed by atoms with Crippen LogP contribution in [0, 0.1) is 11.7 Å². The Labute approximate surface area is 178 Å². The Hall–Kier alpha value is -3.33. The van der Waals surface area contributed by atoms with Crippen LogP contribution < -0.4 is 15.5 Å². The number of carbonyl (C=O) groups is 2. The molecule has 0 saturated carbocycles. The first-order valence-electron chi connectivity index (χ1n) is 10.4. The number of hydrogen-bond acceptors (Lipinski definition) is 6. The molecule has 5 rings (SSSR count). The fourth-order valence-electron chi connectivity index (χ4n) is 4.13. The lowest BCUT2D eigenvalue weighted by Gasteiger charge is -2.33. The van der Waals surface area contributed by atoms with Gasteiger partial charge in [-0.25, -0.2) is 14.8 Å². The van der Waals surface area contributed by atoms with Gasteiger partial charge in [-0.2, -0.15) is 0 Å². The standard InChI is InChI=1S/C22H23FN4O4/c23-17-11-19-18(25-20(28)13-30-19)10-16(17)22(29)26-8-5-14(6-9-26)12-31-21-3-1-2-15-4-7-24-27(15)21/h1-4,10-11,14,24H,5-9,12-13H2,(H,25,28). The van der Waals surface area contributed by atoms with Gasteiger partial charge in [0.2, 0.25) is 5.88 Å². The van der Waals surface area contributed by atoms with Crippen molar-refractivity contribution >= 4 is 17.5 Å². The molecule has 0 bridgehead atoms. The van der Waals surface area contributed by atoms with Crippen molar-refractivity contribution in [2.24, 2.45) is 5.92 Å². The van der Waals surface area contributed by atoms with Crippen LogP contribution >= 0.6 is 0 Å². The van der Waals surface area contributed by atoms with Gasteiger partial charge in [-0.3, -0.25) is 9.59 Å². The maximum atomic E-state index is 14.5. The number of ether oxygens (including phenoxy) is 2. The SMILES string of the molecule is O=C1COc2cc(F)c(C(=O)N3CCC(COC4=CC=CC5=CCNN54)CC3)cc2N1. The highest BCUT2D eigenvalue weighted by Crippen LogP contribution is 2.32. The van der Waals surface area contributed by atoms with Crippen molar-refractivity contribution in [3.8, 4) is 5.75 Å². The third-order valence-electron chi connectivity index (χ3n) is 5.85. The number of fused-ring (bicyclic) bond motifs is 2. The molecule has 1 aromatic rings. The van der Waals surface area contributed by atoms with Crippen molar-refractivity contribution in [2.75, 3.05) is 38.2 Å². The maximum Gasteiger partial charge on any atom is 0.262 e. The van der Waals surface area contributed by atoms with E-state index in [0.29, 0.717) is 31.3 Å². The van der Waals surface area contributed by atoms with E-state index in [-0.39, 0.29) is 29.7 Å². The van der Waals surface area contributed by atoms with Crippen molar-refractivity contribution in [3.63, 3.8) is 0 Å². The highest BCUT2D eigenvalue weighted by Gasteiger charge is 2.29. The number of hydrazine groups is 1. The molecule has 1 fully saturated rings. The number of allylic oxidation sites excluding steroid dienone is 3. The molecule has 9 heteroatoms. The highest BCUT2D eigenvalue weighted by molar-refractivity contribution is 6.00. The third kappa shape index (κ3) is 3.88. The van der Waals surface area contributed by atoms with Gasteiger partial charge in [0.1, 0.15) is 11.6 Å². The monoisotopic (exact) mass is 426 g/mol. The fourth-order valence-corrected chi connectivity index (χ4v) is 4.13. The maximum absolute atomic E-state index is 14.5. The Kier molecular flexibility index (Phi) is 5.11. The molecule has 0 spiro atoms. The number of rotatable bonds is 4. The van der Waals surface area contributed by atoms with Crippen LogP contribution in [0.15, 0.2) is 48.0 Å². The number of halogens is 1. The highest BCUT2D eigenvalue weighted by atomic mass is 19.1. The molecule has 0 atom stereocenters. The molecule has 4 aliphatic rings. The molecule has 2 N–H and O–H groups in total. The van der Waals surface area contributed by atoms with Crippen molar-refractivity contribution in [2.45, 2.75) is 12.8 Å². The van der Waals surface area contributed by atoms with Gasteiger partial charge in [-0.15, -0.1) is 0 Å². The number of likely N-dealkylation sites (tertiary alicyclic amines) is 1. The number of benzene rings is 1. The van der Waals surface area contributed by atoms with E-state index >= 15 is 0 Å². The lowest BCUT2D eigenvalue weighted by Crippen LogP contribution is -2.40. The van der Waals surface area contributed by atoms with Crippen LogP contribution in [-0.2, 0) is 9.53 Å².